The van der Waals surface area contributed by atoms with Crippen molar-refractivity contribution in [3.8, 4) is 0 Å². The monoisotopic (exact) mass is 328 g/mol. The number of hydrogen-bond acceptors (Lipinski definition) is 4. The minimum Gasteiger partial charge on any atom is -0.381 e. The number of nitrogens with one attached hydrogen (secondary N) is 1. The molecule has 0 aliphatic carbocycles. The molecule has 0 unspecified atom stereocenters. The zero-order valence-corrected chi connectivity index (χ0v) is 13.1. The van der Waals surface area contributed by atoms with E-state index in [1.807, 2.05) is 0 Å². The molecular formula is C13H21BrN4O. The number of hydrogen-bond donors (Lipinski definition) is 1. The quantitative estimate of drug-likeness (QED) is 0.913. The van der Waals surface area contributed by atoms with Gasteiger partial charge in [0.15, 0.2) is 0 Å². The molecule has 0 radical (unpaired) electrons. The molecule has 0 bridgehead atoms. The fourth-order valence-corrected chi connectivity index (χ4v) is 2.77. The molecule has 1 N–H and O–H groups in total. The Morgan fingerprint density at radius 3 is 2.84 bits per heavy atom. The zero-order chi connectivity index (χ0) is 13.8. The first-order chi connectivity index (χ1) is 9.08. The Labute approximate surface area is 122 Å². The topological polar surface area (TPSA) is 50.2 Å². The molecule has 1 aliphatic heterocycles. The van der Waals surface area contributed by atoms with Crippen LogP contribution in [0.1, 0.15) is 19.8 Å². The highest BCUT2D eigenvalue weighted by Crippen LogP contribution is 2.17. The van der Waals surface area contributed by atoms with Crippen molar-refractivity contribution in [2.45, 2.75) is 19.8 Å². The third-order valence-electron chi connectivity index (χ3n) is 3.70. The van der Waals surface area contributed by atoms with E-state index in [4.69, 9.17) is 0 Å². The van der Waals surface area contributed by atoms with Gasteiger partial charge in [-0.2, -0.15) is 5.10 Å². The Balaban J connectivity index is 1.83. The molecule has 0 amide bonds. The Hall–Kier alpha value is -0.880. The van der Waals surface area contributed by atoms with Gasteiger partial charge in [0.25, 0.3) is 5.56 Å². The molecule has 0 atom stereocenters. The van der Waals surface area contributed by atoms with E-state index in [1.165, 1.54) is 30.6 Å². The van der Waals surface area contributed by atoms with E-state index in [9.17, 15) is 4.79 Å². The number of aryl methyl sites for hydroxylation is 1. The van der Waals surface area contributed by atoms with Crippen LogP contribution in [0.4, 0.5) is 5.69 Å². The van der Waals surface area contributed by atoms with Crippen molar-refractivity contribution in [3.63, 3.8) is 0 Å². The molecule has 2 rings (SSSR count). The number of likely N-dealkylation sites (tertiary alicyclic amines) is 1. The highest BCUT2D eigenvalue weighted by atomic mass is 79.9. The first-order valence-corrected chi connectivity index (χ1v) is 7.55. The number of rotatable bonds is 4. The van der Waals surface area contributed by atoms with Crippen molar-refractivity contribution in [2.24, 2.45) is 13.0 Å². The van der Waals surface area contributed by atoms with Gasteiger partial charge >= 0.3 is 0 Å². The van der Waals surface area contributed by atoms with Gasteiger partial charge in [-0.05, 0) is 47.8 Å². The Morgan fingerprint density at radius 2 is 2.16 bits per heavy atom. The van der Waals surface area contributed by atoms with Crippen LogP contribution in [0.2, 0.25) is 0 Å². The summed E-state index contributed by atoms with van der Waals surface area (Å²) in [6.07, 6.45) is 4.26. The molecule has 106 valence electrons. The van der Waals surface area contributed by atoms with E-state index in [0.29, 0.717) is 4.47 Å². The molecule has 6 heteroatoms. The molecule has 2 heterocycles. The minimum absolute atomic E-state index is 0.114. The van der Waals surface area contributed by atoms with Gasteiger partial charge in [0.2, 0.25) is 0 Å². The summed E-state index contributed by atoms with van der Waals surface area (Å²) < 4.78 is 1.87. The van der Waals surface area contributed by atoms with Gasteiger partial charge in [0, 0.05) is 20.1 Å². The maximum atomic E-state index is 11.7. The van der Waals surface area contributed by atoms with Crippen molar-refractivity contribution in [1.29, 1.82) is 0 Å². The van der Waals surface area contributed by atoms with Crippen molar-refractivity contribution >= 4 is 21.6 Å². The Bertz CT molecular complexity index is 480. The summed E-state index contributed by atoms with van der Waals surface area (Å²) >= 11 is 3.32. The second kappa shape index (κ2) is 6.52. The van der Waals surface area contributed by atoms with Crippen molar-refractivity contribution in [3.05, 3.63) is 21.0 Å². The molecule has 1 aromatic rings. The molecular weight excluding hydrogens is 308 g/mol. The van der Waals surface area contributed by atoms with Crippen LogP contribution in [0.3, 0.4) is 0 Å². The van der Waals surface area contributed by atoms with Gasteiger partial charge in [-0.1, -0.05) is 6.92 Å². The smallest absolute Gasteiger partial charge is 0.282 e. The third kappa shape index (κ3) is 3.79. The molecule has 0 spiro atoms. The predicted molar refractivity (Wildman–Crippen MR) is 80.5 cm³/mol. The molecule has 19 heavy (non-hydrogen) atoms. The van der Waals surface area contributed by atoms with Crippen LogP contribution in [-0.2, 0) is 7.05 Å². The predicted octanol–water partition coefficient (Wildman–Crippen LogP) is 1.69. The summed E-state index contributed by atoms with van der Waals surface area (Å²) in [5.41, 5.74) is 0.658. The number of nitrogens with zero attached hydrogens (tertiary/aromatic N) is 3. The molecule has 1 saturated heterocycles. The fourth-order valence-electron chi connectivity index (χ4n) is 2.27. The molecule has 1 aliphatic rings. The van der Waals surface area contributed by atoms with Crippen LogP contribution in [0.5, 0.6) is 0 Å². The lowest BCUT2D eigenvalue weighted by Gasteiger charge is -2.30. The number of halogens is 1. The minimum atomic E-state index is -0.114. The van der Waals surface area contributed by atoms with Crippen LogP contribution in [0.15, 0.2) is 15.5 Å². The average Bonchev–Trinajstić information content (AvgIpc) is 2.41. The van der Waals surface area contributed by atoms with Gasteiger partial charge in [-0.3, -0.25) is 4.79 Å². The fraction of sp³-hybridized carbons (Fsp3) is 0.692. The average molecular weight is 329 g/mol. The first kappa shape index (κ1) is 14.5. The second-order valence-electron chi connectivity index (χ2n) is 5.25. The van der Waals surface area contributed by atoms with E-state index in [-0.39, 0.29) is 5.56 Å². The Morgan fingerprint density at radius 1 is 1.47 bits per heavy atom. The van der Waals surface area contributed by atoms with E-state index in [2.05, 4.69) is 38.2 Å². The number of aromatic nitrogens is 2. The van der Waals surface area contributed by atoms with Crippen LogP contribution in [0, 0.1) is 5.92 Å². The summed E-state index contributed by atoms with van der Waals surface area (Å²) in [5.74, 6) is 0.861. The zero-order valence-electron chi connectivity index (χ0n) is 11.5. The summed E-state index contributed by atoms with van der Waals surface area (Å²) in [4.78, 5) is 14.2. The standard InChI is InChI=1S/C13H21BrN4O/c1-10-3-6-18(7-4-10)8-5-15-11-9-16-17(2)13(19)12(11)14/h9-10,15H,3-8H2,1-2H3. The SMILES string of the molecule is CC1CCN(CCNc2cnn(C)c(=O)c2Br)CC1. The van der Waals surface area contributed by atoms with Crippen LogP contribution in [-0.4, -0.2) is 40.9 Å². The van der Waals surface area contributed by atoms with Crippen LogP contribution in [0.25, 0.3) is 0 Å². The van der Waals surface area contributed by atoms with E-state index in [1.54, 1.807) is 13.2 Å². The highest BCUT2D eigenvalue weighted by molar-refractivity contribution is 9.10. The molecule has 1 aromatic heterocycles. The van der Waals surface area contributed by atoms with E-state index >= 15 is 0 Å². The summed E-state index contributed by atoms with van der Waals surface area (Å²) in [6, 6.07) is 0. The maximum Gasteiger partial charge on any atom is 0.282 e. The number of piperidine rings is 1. The van der Waals surface area contributed by atoms with Gasteiger partial charge in [-0.15, -0.1) is 0 Å². The van der Waals surface area contributed by atoms with E-state index in [0.717, 1.165) is 24.7 Å². The second-order valence-corrected chi connectivity index (χ2v) is 6.04. The van der Waals surface area contributed by atoms with E-state index < -0.39 is 0 Å². The lowest BCUT2D eigenvalue weighted by atomic mass is 9.99. The lowest BCUT2D eigenvalue weighted by Crippen LogP contribution is -2.36. The van der Waals surface area contributed by atoms with Gasteiger partial charge in [0.1, 0.15) is 4.47 Å². The molecule has 5 nitrogen and oxygen atoms in total. The third-order valence-corrected chi connectivity index (χ3v) is 4.46. The van der Waals surface area contributed by atoms with Gasteiger partial charge in [0.05, 0.1) is 11.9 Å². The normalized spacial score (nSPS) is 17.6. The molecule has 1 fully saturated rings. The number of anilines is 1. The molecule has 0 saturated carbocycles. The summed E-state index contributed by atoms with van der Waals surface area (Å²) in [7, 11) is 1.64. The van der Waals surface area contributed by atoms with Crippen LogP contribution < -0.4 is 10.9 Å². The largest absolute Gasteiger partial charge is 0.381 e. The highest BCUT2D eigenvalue weighted by Gasteiger charge is 2.15. The van der Waals surface area contributed by atoms with Crippen molar-refractivity contribution in [2.75, 3.05) is 31.5 Å². The van der Waals surface area contributed by atoms with Crippen molar-refractivity contribution in [1.82, 2.24) is 14.7 Å². The van der Waals surface area contributed by atoms with Gasteiger partial charge in [-0.25, -0.2) is 4.68 Å². The lowest BCUT2D eigenvalue weighted by molar-refractivity contribution is 0.199. The maximum absolute atomic E-state index is 11.7. The van der Waals surface area contributed by atoms with Crippen LogP contribution >= 0.6 is 15.9 Å². The van der Waals surface area contributed by atoms with Gasteiger partial charge < -0.3 is 10.2 Å². The van der Waals surface area contributed by atoms with Crippen molar-refractivity contribution < 1.29 is 0 Å². The summed E-state index contributed by atoms with van der Waals surface area (Å²) in [5, 5.41) is 7.29. The summed E-state index contributed by atoms with van der Waals surface area (Å²) in [6.45, 7) is 6.52. The molecule has 0 aromatic carbocycles. The first-order valence-electron chi connectivity index (χ1n) is 6.76. The Kier molecular flexibility index (Phi) is 4.99.